The van der Waals surface area contributed by atoms with Crippen molar-refractivity contribution in [3.63, 3.8) is 0 Å². The van der Waals surface area contributed by atoms with Crippen molar-refractivity contribution in [2.45, 2.75) is 63.1 Å². The zero-order valence-corrected chi connectivity index (χ0v) is 12.4. The molecule has 2 rings (SSSR count). The van der Waals surface area contributed by atoms with Gasteiger partial charge in [-0.05, 0) is 19.8 Å². The average Bonchev–Trinajstić information content (AvgIpc) is 2.75. The maximum Gasteiger partial charge on any atom is 0.229 e. The van der Waals surface area contributed by atoms with Crippen LogP contribution in [0.15, 0.2) is 4.52 Å². The molecule has 1 atom stereocenters. The normalized spacial score (nSPS) is 22.2. The van der Waals surface area contributed by atoms with Crippen LogP contribution in [-0.4, -0.2) is 34.5 Å². The second-order valence-electron chi connectivity index (χ2n) is 6.00. The van der Waals surface area contributed by atoms with Crippen molar-refractivity contribution in [1.82, 2.24) is 10.1 Å². The van der Waals surface area contributed by atoms with E-state index in [0.717, 1.165) is 25.7 Å². The van der Waals surface area contributed by atoms with Gasteiger partial charge < -0.3 is 20.1 Å². The van der Waals surface area contributed by atoms with E-state index in [1.165, 1.54) is 12.8 Å². The highest BCUT2D eigenvalue weighted by Gasteiger charge is 2.38. The van der Waals surface area contributed by atoms with Crippen LogP contribution in [0.25, 0.3) is 0 Å². The van der Waals surface area contributed by atoms with E-state index in [-0.39, 0.29) is 13.0 Å². The van der Waals surface area contributed by atoms with Crippen molar-refractivity contribution >= 4 is 0 Å². The molecule has 1 fully saturated rings. The first-order valence-corrected chi connectivity index (χ1v) is 7.32. The van der Waals surface area contributed by atoms with E-state index in [9.17, 15) is 5.11 Å². The van der Waals surface area contributed by atoms with E-state index >= 15 is 0 Å². The quantitative estimate of drug-likeness (QED) is 0.796. The summed E-state index contributed by atoms with van der Waals surface area (Å²) in [5, 5.41) is 14.1. The van der Waals surface area contributed by atoms with E-state index in [0.29, 0.717) is 11.7 Å². The van der Waals surface area contributed by atoms with Gasteiger partial charge >= 0.3 is 0 Å². The predicted octanol–water partition coefficient (Wildman–Crippen LogP) is 1.52. The molecule has 6 nitrogen and oxygen atoms in total. The van der Waals surface area contributed by atoms with Crippen LogP contribution in [0.3, 0.4) is 0 Å². The summed E-state index contributed by atoms with van der Waals surface area (Å²) < 4.78 is 11.0. The molecule has 6 heteroatoms. The van der Waals surface area contributed by atoms with Crippen LogP contribution in [0, 0.1) is 0 Å². The number of aromatic nitrogens is 2. The summed E-state index contributed by atoms with van der Waals surface area (Å²) in [6.45, 7) is 1.81. The summed E-state index contributed by atoms with van der Waals surface area (Å²) in [4.78, 5) is 4.43. The molecule has 0 radical (unpaired) electrons. The number of ether oxygens (including phenoxy) is 1. The molecule has 1 aliphatic carbocycles. The first-order chi connectivity index (χ1) is 9.51. The van der Waals surface area contributed by atoms with Crippen LogP contribution in [-0.2, 0) is 16.8 Å². The van der Waals surface area contributed by atoms with E-state index < -0.39 is 11.2 Å². The maximum absolute atomic E-state index is 9.98. The largest absolute Gasteiger partial charge is 0.388 e. The summed E-state index contributed by atoms with van der Waals surface area (Å²) in [5.41, 5.74) is 4.05. The lowest BCUT2D eigenvalue weighted by Crippen LogP contribution is -2.36. The monoisotopic (exact) mass is 283 g/mol. The number of nitrogens with two attached hydrogens (primary N) is 1. The number of hydrogen-bond donors (Lipinski definition) is 2. The van der Waals surface area contributed by atoms with Crippen molar-refractivity contribution in [2.75, 3.05) is 13.7 Å². The van der Waals surface area contributed by atoms with Crippen molar-refractivity contribution in [1.29, 1.82) is 0 Å². The first-order valence-electron chi connectivity index (χ1n) is 7.32. The third kappa shape index (κ3) is 3.37. The van der Waals surface area contributed by atoms with Crippen LogP contribution in [0.5, 0.6) is 0 Å². The van der Waals surface area contributed by atoms with Gasteiger partial charge in [-0.3, -0.25) is 0 Å². The lowest BCUT2D eigenvalue weighted by Gasteiger charge is -2.27. The molecule has 1 aromatic rings. The molecule has 1 aliphatic rings. The molecular formula is C14H25N3O3. The van der Waals surface area contributed by atoms with Gasteiger partial charge in [0, 0.05) is 13.7 Å². The molecule has 3 N–H and O–H groups in total. The summed E-state index contributed by atoms with van der Waals surface area (Å²) in [6, 6.07) is 0. The zero-order valence-electron chi connectivity index (χ0n) is 12.4. The molecule has 0 aliphatic heterocycles. The molecule has 1 heterocycles. The predicted molar refractivity (Wildman–Crippen MR) is 74.1 cm³/mol. The molecule has 0 spiro atoms. The van der Waals surface area contributed by atoms with Crippen LogP contribution in [0.2, 0.25) is 0 Å². The van der Waals surface area contributed by atoms with Gasteiger partial charge in [0.05, 0.1) is 12.0 Å². The summed E-state index contributed by atoms with van der Waals surface area (Å²) in [6.07, 6.45) is 6.74. The van der Waals surface area contributed by atoms with Gasteiger partial charge in [-0.2, -0.15) is 4.98 Å². The average molecular weight is 283 g/mol. The molecule has 1 aromatic heterocycles. The third-order valence-corrected chi connectivity index (χ3v) is 4.15. The topological polar surface area (TPSA) is 94.4 Å². The Bertz CT molecular complexity index is 423. The van der Waals surface area contributed by atoms with Crippen LogP contribution in [0.4, 0.5) is 0 Å². The van der Waals surface area contributed by atoms with Gasteiger partial charge in [-0.1, -0.05) is 30.8 Å². The Hall–Kier alpha value is -0.980. The minimum Gasteiger partial charge on any atom is -0.388 e. The number of methoxy groups -OCH3 is 1. The third-order valence-electron chi connectivity index (χ3n) is 4.15. The van der Waals surface area contributed by atoms with Gasteiger partial charge in [-0.25, -0.2) is 0 Å². The summed E-state index contributed by atoms with van der Waals surface area (Å²) >= 11 is 0. The number of hydrogen-bond acceptors (Lipinski definition) is 6. The van der Waals surface area contributed by atoms with Crippen molar-refractivity contribution in [3.8, 4) is 0 Å². The highest BCUT2D eigenvalue weighted by atomic mass is 16.5. The van der Waals surface area contributed by atoms with E-state index in [1.807, 2.05) is 0 Å². The molecule has 0 bridgehead atoms. The fourth-order valence-corrected chi connectivity index (χ4v) is 2.73. The smallest absolute Gasteiger partial charge is 0.229 e. The van der Waals surface area contributed by atoms with Gasteiger partial charge in [0.1, 0.15) is 5.60 Å². The molecule has 20 heavy (non-hydrogen) atoms. The molecule has 1 unspecified atom stereocenters. The molecule has 0 saturated heterocycles. The number of aliphatic hydroxyl groups is 1. The molecule has 114 valence electrons. The number of rotatable bonds is 5. The Balaban J connectivity index is 2.17. The molecule has 0 amide bonds. The van der Waals surface area contributed by atoms with Crippen LogP contribution < -0.4 is 5.73 Å². The lowest BCUT2D eigenvalue weighted by atomic mass is 9.93. The number of nitrogens with zero attached hydrogens (tertiary/aromatic N) is 2. The fourth-order valence-electron chi connectivity index (χ4n) is 2.73. The summed E-state index contributed by atoms with van der Waals surface area (Å²) in [7, 11) is 1.71. The molecular weight excluding hydrogens is 258 g/mol. The Morgan fingerprint density at radius 2 is 2.00 bits per heavy atom. The minimum absolute atomic E-state index is 0.153. The molecule has 0 aromatic carbocycles. The maximum atomic E-state index is 9.98. The van der Waals surface area contributed by atoms with Gasteiger partial charge in [0.2, 0.25) is 11.7 Å². The highest BCUT2D eigenvalue weighted by molar-refractivity contribution is 5.04. The standard InChI is InChI=1S/C14H25N3O3/c1-13(18,10-15)9-11-16-12(17-20-11)14(19-2)7-5-3-4-6-8-14/h18H,3-10,15H2,1-2H3. The van der Waals surface area contributed by atoms with Crippen molar-refractivity contribution in [2.24, 2.45) is 5.73 Å². The van der Waals surface area contributed by atoms with E-state index in [2.05, 4.69) is 10.1 Å². The van der Waals surface area contributed by atoms with Crippen LogP contribution >= 0.6 is 0 Å². The van der Waals surface area contributed by atoms with Crippen molar-refractivity contribution < 1.29 is 14.4 Å². The van der Waals surface area contributed by atoms with Gasteiger partial charge in [-0.15, -0.1) is 0 Å². The van der Waals surface area contributed by atoms with Gasteiger partial charge in [0.15, 0.2) is 0 Å². The Morgan fingerprint density at radius 3 is 2.55 bits per heavy atom. The summed E-state index contributed by atoms with van der Waals surface area (Å²) in [5.74, 6) is 1.01. The van der Waals surface area contributed by atoms with E-state index in [4.69, 9.17) is 15.0 Å². The lowest BCUT2D eigenvalue weighted by molar-refractivity contribution is -0.0365. The fraction of sp³-hybridized carbons (Fsp3) is 0.857. The van der Waals surface area contributed by atoms with E-state index in [1.54, 1.807) is 14.0 Å². The second-order valence-corrected chi connectivity index (χ2v) is 6.00. The van der Waals surface area contributed by atoms with Crippen LogP contribution in [0.1, 0.15) is 57.2 Å². The molecule has 1 saturated carbocycles. The first kappa shape index (κ1) is 15.4. The second kappa shape index (κ2) is 6.20. The van der Waals surface area contributed by atoms with Gasteiger partial charge in [0.25, 0.3) is 0 Å². The minimum atomic E-state index is -1.02. The SMILES string of the molecule is COC1(c2noc(CC(C)(O)CN)n2)CCCCCC1. The zero-order chi connectivity index (χ0) is 14.6. The Labute approximate surface area is 119 Å². The Morgan fingerprint density at radius 1 is 1.35 bits per heavy atom. The van der Waals surface area contributed by atoms with Crippen molar-refractivity contribution in [3.05, 3.63) is 11.7 Å². The Kier molecular flexibility index (Phi) is 4.78. The highest BCUT2D eigenvalue weighted by Crippen LogP contribution is 2.37.